The van der Waals surface area contributed by atoms with Gasteiger partial charge in [0.15, 0.2) is 11.6 Å². The first-order valence-corrected chi connectivity index (χ1v) is 8.76. The van der Waals surface area contributed by atoms with Gasteiger partial charge in [0, 0.05) is 19.5 Å². The highest BCUT2D eigenvalue weighted by molar-refractivity contribution is 6.07. The van der Waals surface area contributed by atoms with Crippen LogP contribution in [0.3, 0.4) is 0 Å². The summed E-state index contributed by atoms with van der Waals surface area (Å²) in [6, 6.07) is 7.48. The molecule has 0 aliphatic carbocycles. The van der Waals surface area contributed by atoms with Crippen molar-refractivity contribution in [2.75, 3.05) is 18.9 Å². The van der Waals surface area contributed by atoms with Crippen molar-refractivity contribution in [2.24, 2.45) is 5.92 Å². The fraction of sp³-hybridized carbons (Fsp3) is 0.300. The van der Waals surface area contributed by atoms with Crippen LogP contribution >= 0.6 is 0 Å². The molecular weight excluding hydrogens is 395 g/mol. The molecule has 9 heteroatoms. The van der Waals surface area contributed by atoms with Crippen LogP contribution in [0.5, 0.6) is 0 Å². The van der Waals surface area contributed by atoms with Crippen molar-refractivity contribution in [3.8, 4) is 0 Å². The van der Waals surface area contributed by atoms with E-state index in [0.29, 0.717) is 18.5 Å². The number of alkyl halides is 3. The molecule has 2 atom stereocenters. The van der Waals surface area contributed by atoms with Crippen LogP contribution < -0.4 is 5.32 Å². The molecule has 1 aliphatic rings. The first-order valence-electron chi connectivity index (χ1n) is 8.76. The highest BCUT2D eigenvalue weighted by Crippen LogP contribution is 2.36. The number of halogens is 5. The van der Waals surface area contributed by atoms with Crippen LogP contribution in [0.1, 0.15) is 23.5 Å². The number of nitrogens with one attached hydrogen (secondary N) is 1. The van der Waals surface area contributed by atoms with Gasteiger partial charge in [-0.1, -0.05) is 18.2 Å². The lowest BCUT2D eigenvalue weighted by Crippen LogP contribution is -2.47. The topological polar surface area (TPSA) is 49.4 Å². The summed E-state index contributed by atoms with van der Waals surface area (Å²) >= 11 is 0. The third kappa shape index (κ3) is 4.23. The lowest BCUT2D eigenvalue weighted by Gasteiger charge is -2.35. The highest BCUT2D eigenvalue weighted by Gasteiger charge is 2.41. The van der Waals surface area contributed by atoms with E-state index in [2.05, 4.69) is 5.32 Å². The van der Waals surface area contributed by atoms with Crippen molar-refractivity contribution < 1.29 is 31.5 Å². The summed E-state index contributed by atoms with van der Waals surface area (Å²) in [7, 11) is 1.49. The maximum Gasteiger partial charge on any atom is 0.416 e. The quantitative estimate of drug-likeness (QED) is 0.607. The van der Waals surface area contributed by atoms with E-state index in [9.17, 15) is 31.5 Å². The third-order valence-electron chi connectivity index (χ3n) is 4.98. The Morgan fingerprint density at radius 2 is 1.76 bits per heavy atom. The molecule has 1 saturated heterocycles. The van der Waals surface area contributed by atoms with E-state index in [0.717, 1.165) is 24.3 Å². The number of anilines is 1. The largest absolute Gasteiger partial charge is 0.416 e. The van der Waals surface area contributed by atoms with E-state index in [4.69, 9.17) is 0 Å². The number of carbonyl (C=O) groups is 2. The molecule has 0 spiro atoms. The van der Waals surface area contributed by atoms with Crippen molar-refractivity contribution in [2.45, 2.75) is 18.5 Å². The minimum Gasteiger partial charge on any atom is -0.345 e. The Morgan fingerprint density at radius 1 is 1.10 bits per heavy atom. The minimum atomic E-state index is -4.51. The predicted octanol–water partition coefficient (Wildman–Crippen LogP) is 4.18. The van der Waals surface area contributed by atoms with Crippen LogP contribution in [0.4, 0.5) is 27.6 Å². The van der Waals surface area contributed by atoms with Crippen molar-refractivity contribution in [3.63, 3.8) is 0 Å². The lowest BCUT2D eigenvalue weighted by atomic mass is 9.79. The zero-order valence-corrected chi connectivity index (χ0v) is 15.3. The Morgan fingerprint density at radius 3 is 2.38 bits per heavy atom. The second-order valence-corrected chi connectivity index (χ2v) is 6.84. The standard InChI is InChI=1S/C20H17F5N2O2/c1-27-10-9-13(11-5-7-12(8-6-11)20(23,24)25)16(19(27)29)18(28)26-15-4-2-3-14(21)17(15)22/h2-8,13,16H,9-10H2,1H3,(H,26,28)/t13-,16+/m1/s1. The number of amides is 2. The smallest absolute Gasteiger partial charge is 0.345 e. The van der Waals surface area contributed by atoms with Gasteiger partial charge in [-0.25, -0.2) is 8.78 Å². The number of hydrogen-bond donors (Lipinski definition) is 1. The van der Waals surface area contributed by atoms with E-state index < -0.39 is 52.7 Å². The molecular formula is C20H17F5N2O2. The molecule has 0 aromatic heterocycles. The fourth-order valence-corrected chi connectivity index (χ4v) is 3.40. The molecule has 0 radical (unpaired) electrons. The second-order valence-electron chi connectivity index (χ2n) is 6.84. The number of rotatable bonds is 3. The molecule has 0 unspecified atom stereocenters. The van der Waals surface area contributed by atoms with Gasteiger partial charge in [0.05, 0.1) is 11.3 Å². The predicted molar refractivity (Wildman–Crippen MR) is 94.9 cm³/mol. The van der Waals surface area contributed by atoms with Gasteiger partial charge in [0.25, 0.3) is 0 Å². The molecule has 2 aromatic rings. The molecule has 154 valence electrons. The molecule has 1 fully saturated rings. The van der Waals surface area contributed by atoms with Crippen molar-refractivity contribution in [1.29, 1.82) is 0 Å². The number of hydrogen-bond acceptors (Lipinski definition) is 2. The Balaban J connectivity index is 1.91. The first kappa shape index (κ1) is 20.8. The van der Waals surface area contributed by atoms with Crippen molar-refractivity contribution in [3.05, 3.63) is 65.2 Å². The van der Waals surface area contributed by atoms with Crippen LogP contribution in [0.25, 0.3) is 0 Å². The monoisotopic (exact) mass is 412 g/mol. The summed E-state index contributed by atoms with van der Waals surface area (Å²) in [5, 5.41) is 2.23. The molecule has 3 rings (SSSR count). The Hall–Kier alpha value is -2.97. The average Bonchev–Trinajstić information content (AvgIpc) is 2.67. The van der Waals surface area contributed by atoms with Gasteiger partial charge in [-0.3, -0.25) is 9.59 Å². The fourth-order valence-electron chi connectivity index (χ4n) is 3.40. The second kappa shape index (κ2) is 7.81. The van der Waals surface area contributed by atoms with Crippen molar-refractivity contribution in [1.82, 2.24) is 4.90 Å². The van der Waals surface area contributed by atoms with Crippen molar-refractivity contribution >= 4 is 17.5 Å². The molecule has 4 nitrogen and oxygen atoms in total. The molecule has 1 N–H and O–H groups in total. The zero-order valence-electron chi connectivity index (χ0n) is 15.3. The Labute approximate surface area is 163 Å². The van der Waals surface area contributed by atoms with Crippen LogP contribution in [0, 0.1) is 17.6 Å². The summed E-state index contributed by atoms with van der Waals surface area (Å²) < 4.78 is 65.7. The minimum absolute atomic E-state index is 0.308. The molecule has 29 heavy (non-hydrogen) atoms. The summed E-state index contributed by atoms with van der Waals surface area (Å²) in [6.07, 6.45) is -4.18. The Bertz CT molecular complexity index is 927. The van der Waals surface area contributed by atoms with Gasteiger partial charge >= 0.3 is 6.18 Å². The normalized spacial score (nSPS) is 19.9. The summed E-state index contributed by atoms with van der Waals surface area (Å²) in [5.41, 5.74) is -0.871. The van der Waals surface area contributed by atoms with Gasteiger partial charge < -0.3 is 10.2 Å². The van der Waals surface area contributed by atoms with Crippen LogP contribution in [0.2, 0.25) is 0 Å². The number of carbonyl (C=O) groups excluding carboxylic acids is 2. The summed E-state index contributed by atoms with van der Waals surface area (Å²) in [4.78, 5) is 26.7. The van der Waals surface area contributed by atoms with E-state index in [1.807, 2.05) is 0 Å². The average molecular weight is 412 g/mol. The van der Waals surface area contributed by atoms with E-state index >= 15 is 0 Å². The Kier molecular flexibility index (Phi) is 5.59. The number of benzene rings is 2. The van der Waals surface area contributed by atoms with Gasteiger partial charge in [-0.15, -0.1) is 0 Å². The molecule has 0 bridgehead atoms. The van der Waals surface area contributed by atoms with E-state index in [1.165, 1.54) is 30.1 Å². The SMILES string of the molecule is CN1CC[C@H](c2ccc(C(F)(F)F)cc2)[C@@H](C(=O)Nc2cccc(F)c2F)C1=O. The highest BCUT2D eigenvalue weighted by atomic mass is 19.4. The third-order valence-corrected chi connectivity index (χ3v) is 4.98. The van der Waals surface area contributed by atoms with Gasteiger partial charge in [0.1, 0.15) is 5.92 Å². The van der Waals surface area contributed by atoms with Gasteiger partial charge in [0.2, 0.25) is 11.8 Å². The summed E-state index contributed by atoms with van der Waals surface area (Å²) in [6.45, 7) is 0.308. The van der Waals surface area contributed by atoms with Gasteiger partial charge in [-0.2, -0.15) is 13.2 Å². The number of nitrogens with zero attached hydrogens (tertiary/aromatic N) is 1. The molecule has 2 amide bonds. The van der Waals surface area contributed by atoms with E-state index in [-0.39, 0.29) is 0 Å². The van der Waals surface area contributed by atoms with Crippen LogP contribution in [-0.2, 0) is 15.8 Å². The summed E-state index contributed by atoms with van der Waals surface area (Å²) in [5.74, 6) is -5.80. The first-order chi connectivity index (χ1) is 13.6. The molecule has 2 aromatic carbocycles. The molecule has 1 heterocycles. The van der Waals surface area contributed by atoms with Crippen LogP contribution in [0.15, 0.2) is 42.5 Å². The zero-order chi connectivity index (χ0) is 21.3. The number of likely N-dealkylation sites (tertiary alicyclic amines) is 1. The molecule has 0 saturated carbocycles. The maximum absolute atomic E-state index is 13.9. The number of piperidine rings is 1. The molecule has 1 aliphatic heterocycles. The van der Waals surface area contributed by atoms with Gasteiger partial charge in [-0.05, 0) is 36.2 Å². The van der Waals surface area contributed by atoms with E-state index in [1.54, 1.807) is 0 Å². The maximum atomic E-state index is 13.9. The lowest BCUT2D eigenvalue weighted by molar-refractivity contribution is -0.143. The van der Waals surface area contributed by atoms with Crippen LogP contribution in [-0.4, -0.2) is 30.3 Å².